The normalized spacial score (nSPS) is 11.6. The smallest absolute Gasteiger partial charge is 0.232 e. The lowest BCUT2D eigenvalue weighted by molar-refractivity contribution is 0.331. The molecule has 0 aliphatic carbocycles. The van der Waals surface area contributed by atoms with Crippen molar-refractivity contribution in [2.24, 2.45) is 0 Å². The molecule has 0 aromatic carbocycles. The van der Waals surface area contributed by atoms with Gasteiger partial charge in [-0.3, -0.25) is 0 Å². The van der Waals surface area contributed by atoms with Crippen molar-refractivity contribution in [3.8, 4) is 5.88 Å². The fourth-order valence-corrected chi connectivity index (χ4v) is 3.73. The Morgan fingerprint density at radius 3 is 2.82 bits per heavy atom. The van der Waals surface area contributed by atoms with E-state index in [0.717, 1.165) is 33.3 Å². The van der Waals surface area contributed by atoms with Crippen LogP contribution in [0.3, 0.4) is 0 Å². The fourth-order valence-electron chi connectivity index (χ4n) is 3.00. The van der Waals surface area contributed by atoms with Crippen LogP contribution in [-0.2, 0) is 6.42 Å². The van der Waals surface area contributed by atoms with E-state index in [4.69, 9.17) is 4.74 Å². The van der Waals surface area contributed by atoms with Crippen molar-refractivity contribution >= 4 is 49.8 Å². The molecule has 28 heavy (non-hydrogen) atoms. The van der Waals surface area contributed by atoms with Crippen molar-refractivity contribution < 1.29 is 4.74 Å². The van der Waals surface area contributed by atoms with E-state index in [1.165, 1.54) is 0 Å². The summed E-state index contributed by atoms with van der Waals surface area (Å²) in [6, 6.07) is 2.07. The highest BCUT2D eigenvalue weighted by molar-refractivity contribution is 9.10. The van der Waals surface area contributed by atoms with E-state index in [9.17, 15) is 0 Å². The van der Waals surface area contributed by atoms with Gasteiger partial charge in [-0.05, 0) is 49.2 Å². The summed E-state index contributed by atoms with van der Waals surface area (Å²) >= 11 is 3.63. The lowest BCUT2D eigenvalue weighted by Crippen LogP contribution is -2.04. The van der Waals surface area contributed by atoms with Crippen LogP contribution in [0.5, 0.6) is 5.88 Å². The van der Waals surface area contributed by atoms with Crippen molar-refractivity contribution in [1.29, 1.82) is 0 Å². The molecule has 0 radical (unpaired) electrons. The fraction of sp³-hybridized carbons (Fsp3) is 0.389. The van der Waals surface area contributed by atoms with E-state index in [1.54, 1.807) is 10.9 Å². The molecule has 0 unspecified atom stereocenters. The third-order valence-electron chi connectivity index (χ3n) is 4.32. The van der Waals surface area contributed by atoms with Gasteiger partial charge in [-0.25, -0.2) is 9.67 Å². The Kier molecular flexibility index (Phi) is 4.88. The maximum atomic E-state index is 5.75. The molecule has 0 atom stereocenters. The minimum atomic E-state index is 0.190. The van der Waals surface area contributed by atoms with Gasteiger partial charge in [-0.1, -0.05) is 12.1 Å². The lowest BCUT2D eigenvalue weighted by Gasteiger charge is -2.09. The molecule has 0 aliphatic heterocycles. The van der Waals surface area contributed by atoms with Crippen molar-refractivity contribution in [2.45, 2.75) is 40.2 Å². The quantitative estimate of drug-likeness (QED) is 0.459. The number of halogens is 1. The Morgan fingerprint density at radius 2 is 2.11 bits per heavy atom. The van der Waals surface area contributed by atoms with Gasteiger partial charge in [0.15, 0.2) is 5.65 Å². The summed E-state index contributed by atoms with van der Waals surface area (Å²) in [5.74, 6) is 0.947. The molecule has 4 aromatic rings. The van der Waals surface area contributed by atoms with Gasteiger partial charge >= 0.3 is 0 Å². The van der Waals surface area contributed by atoms with Crippen LogP contribution in [-0.4, -0.2) is 41.5 Å². The molecule has 4 rings (SSSR count). The minimum Gasteiger partial charge on any atom is -0.477 e. The van der Waals surface area contributed by atoms with E-state index < -0.39 is 0 Å². The second-order valence-electron chi connectivity index (χ2n) is 6.60. The average Bonchev–Trinajstić information content (AvgIpc) is 3.22. The molecule has 9 nitrogen and oxygen atoms in total. The number of anilines is 2. The van der Waals surface area contributed by atoms with E-state index in [2.05, 4.69) is 58.4 Å². The van der Waals surface area contributed by atoms with E-state index in [-0.39, 0.29) is 6.04 Å². The van der Waals surface area contributed by atoms with Crippen molar-refractivity contribution in [3.05, 3.63) is 22.4 Å². The summed E-state index contributed by atoms with van der Waals surface area (Å²) < 4.78 is 8.48. The molecular weight excluding hydrogens is 424 g/mol. The summed E-state index contributed by atoms with van der Waals surface area (Å²) in [6.45, 7) is 8.60. The molecule has 0 saturated carbocycles. The van der Waals surface area contributed by atoms with Gasteiger partial charge in [0.05, 0.1) is 34.4 Å². The van der Waals surface area contributed by atoms with Gasteiger partial charge < -0.3 is 15.0 Å². The zero-order chi connectivity index (χ0) is 19.8. The molecule has 2 N–H and O–H groups in total. The Hall–Kier alpha value is -2.75. The van der Waals surface area contributed by atoms with Crippen molar-refractivity contribution in [2.75, 3.05) is 11.9 Å². The number of ether oxygens (including phenoxy) is 1. The summed E-state index contributed by atoms with van der Waals surface area (Å²) in [5.41, 5.74) is 3.94. The molecule has 0 amide bonds. The van der Waals surface area contributed by atoms with Gasteiger partial charge in [0.25, 0.3) is 0 Å². The second kappa shape index (κ2) is 7.34. The molecule has 4 aromatic heterocycles. The summed E-state index contributed by atoms with van der Waals surface area (Å²) in [7, 11) is 0. The Labute approximate surface area is 170 Å². The molecular formula is C18H21BrN8O. The number of aromatic nitrogens is 7. The molecule has 0 aliphatic rings. The van der Waals surface area contributed by atoms with Gasteiger partial charge in [0.2, 0.25) is 11.8 Å². The number of hydrogen-bond donors (Lipinski definition) is 2. The molecule has 0 saturated heterocycles. The average molecular weight is 445 g/mol. The van der Waals surface area contributed by atoms with Gasteiger partial charge in [0.1, 0.15) is 11.2 Å². The molecule has 0 bridgehead atoms. The molecule has 146 valence electrons. The van der Waals surface area contributed by atoms with Crippen LogP contribution in [0.1, 0.15) is 39.4 Å². The third-order valence-corrected chi connectivity index (χ3v) is 5.20. The number of nitrogens with one attached hydrogen (secondary N) is 2. The Balaban J connectivity index is 1.74. The highest BCUT2D eigenvalue weighted by atomic mass is 79.9. The van der Waals surface area contributed by atoms with Crippen LogP contribution < -0.4 is 10.1 Å². The maximum absolute atomic E-state index is 5.75. The van der Waals surface area contributed by atoms with Gasteiger partial charge in [0, 0.05) is 5.69 Å². The number of H-pyrrole nitrogens is 1. The van der Waals surface area contributed by atoms with E-state index >= 15 is 0 Å². The molecule has 0 spiro atoms. The lowest BCUT2D eigenvalue weighted by atomic mass is 10.3. The number of rotatable bonds is 6. The first kappa shape index (κ1) is 18.6. The number of pyridine rings is 1. The summed E-state index contributed by atoms with van der Waals surface area (Å²) in [4.78, 5) is 17.0. The topological polar surface area (TPSA) is 106 Å². The molecule has 10 heteroatoms. The first-order valence-corrected chi connectivity index (χ1v) is 9.99. The van der Waals surface area contributed by atoms with Crippen LogP contribution in [0.15, 0.2) is 16.7 Å². The molecule has 4 heterocycles. The number of fused-ring (bicyclic) bond motifs is 2. The highest BCUT2D eigenvalue weighted by Gasteiger charge is 2.18. The van der Waals surface area contributed by atoms with E-state index in [1.807, 2.05) is 26.8 Å². The zero-order valence-corrected chi connectivity index (χ0v) is 17.7. The van der Waals surface area contributed by atoms with E-state index in [0.29, 0.717) is 29.6 Å². The predicted octanol–water partition coefficient (Wildman–Crippen LogP) is 4.15. The molecule has 0 fully saturated rings. The summed E-state index contributed by atoms with van der Waals surface area (Å²) in [6.07, 6.45) is 2.57. The maximum Gasteiger partial charge on any atom is 0.232 e. The minimum absolute atomic E-state index is 0.190. The van der Waals surface area contributed by atoms with Gasteiger partial charge in [-0.15, -0.1) is 5.10 Å². The van der Waals surface area contributed by atoms with Crippen molar-refractivity contribution in [3.63, 3.8) is 0 Å². The summed E-state index contributed by atoms with van der Waals surface area (Å²) in [5, 5.41) is 12.4. The SMILES string of the molecule is CCOc1nc(Nc2cnc3c(c2)nnn3C(C)C)nc2[nH]c(CC)c(Br)c12. The largest absolute Gasteiger partial charge is 0.477 e. The van der Waals surface area contributed by atoms with Gasteiger partial charge in [-0.2, -0.15) is 9.97 Å². The Morgan fingerprint density at radius 1 is 1.29 bits per heavy atom. The Bertz CT molecular complexity index is 1150. The van der Waals surface area contributed by atoms with Crippen LogP contribution >= 0.6 is 15.9 Å². The third kappa shape index (κ3) is 3.17. The van der Waals surface area contributed by atoms with Crippen LogP contribution in [0.2, 0.25) is 0 Å². The number of nitrogens with zero attached hydrogens (tertiary/aromatic N) is 6. The number of aryl methyl sites for hydroxylation is 1. The number of aromatic amines is 1. The first-order chi connectivity index (χ1) is 13.5. The highest BCUT2D eigenvalue weighted by Crippen LogP contribution is 2.34. The van der Waals surface area contributed by atoms with Crippen LogP contribution in [0.25, 0.3) is 22.2 Å². The zero-order valence-electron chi connectivity index (χ0n) is 16.1. The predicted molar refractivity (Wildman–Crippen MR) is 111 cm³/mol. The monoisotopic (exact) mass is 444 g/mol. The standard InChI is InChI=1S/C18H21BrN8O/c1-5-11-14(19)13-15(22-11)23-18(24-17(13)28-6-2)21-10-7-12-16(20-8-10)27(9(3)4)26-25-12/h7-9H,5-6H2,1-4H3,(H2,21,22,23,24). The van der Waals surface area contributed by atoms with Crippen molar-refractivity contribution in [1.82, 2.24) is 34.9 Å². The van der Waals surface area contributed by atoms with Crippen LogP contribution in [0.4, 0.5) is 11.6 Å². The van der Waals surface area contributed by atoms with Crippen LogP contribution in [0, 0.1) is 0 Å². The number of hydrogen-bond acceptors (Lipinski definition) is 7. The second-order valence-corrected chi connectivity index (χ2v) is 7.39. The first-order valence-electron chi connectivity index (χ1n) is 9.20.